The van der Waals surface area contributed by atoms with E-state index in [2.05, 4.69) is 13.8 Å². The second kappa shape index (κ2) is 5.77. The van der Waals surface area contributed by atoms with Crippen molar-refractivity contribution in [1.82, 2.24) is 4.90 Å². The van der Waals surface area contributed by atoms with E-state index in [9.17, 15) is 4.79 Å². The average Bonchev–Trinajstić information content (AvgIpc) is 2.27. The van der Waals surface area contributed by atoms with Crippen LogP contribution in [0.5, 0.6) is 0 Å². The number of rotatable bonds is 4. The first-order chi connectivity index (χ1) is 7.91. The van der Waals surface area contributed by atoms with Crippen LogP contribution in [-0.2, 0) is 0 Å². The van der Waals surface area contributed by atoms with Crippen LogP contribution in [-0.4, -0.2) is 29.4 Å². The van der Waals surface area contributed by atoms with Gasteiger partial charge in [-0.05, 0) is 18.1 Å². The Morgan fingerprint density at radius 1 is 1.41 bits per heavy atom. The molecule has 0 aliphatic heterocycles. The Labute approximate surface area is 108 Å². The first-order valence-corrected chi connectivity index (χ1v) is 5.98. The van der Waals surface area contributed by atoms with Crippen LogP contribution in [0.4, 0.5) is 0 Å². The Balaban J connectivity index is 2.89. The van der Waals surface area contributed by atoms with Crippen LogP contribution in [0.25, 0.3) is 0 Å². The highest BCUT2D eigenvalue weighted by molar-refractivity contribution is 7.80. The predicted molar refractivity (Wildman–Crippen MR) is 74.1 cm³/mol. The van der Waals surface area contributed by atoms with Gasteiger partial charge < -0.3 is 10.6 Å². The number of carbonyl (C=O) groups excluding carboxylic acids is 1. The topological polar surface area (TPSA) is 46.3 Å². The number of benzene rings is 1. The molecular formula is C13H18N2OS. The van der Waals surface area contributed by atoms with Crippen molar-refractivity contribution in [2.75, 3.05) is 13.6 Å². The third-order valence-corrected chi connectivity index (χ3v) is 2.62. The molecule has 0 unspecified atom stereocenters. The van der Waals surface area contributed by atoms with Crippen molar-refractivity contribution in [2.45, 2.75) is 13.8 Å². The lowest BCUT2D eigenvalue weighted by Gasteiger charge is -2.19. The third kappa shape index (κ3) is 3.82. The largest absolute Gasteiger partial charge is 0.389 e. The molecule has 2 N–H and O–H groups in total. The monoisotopic (exact) mass is 250 g/mol. The molecule has 0 spiro atoms. The van der Waals surface area contributed by atoms with Gasteiger partial charge in [0.05, 0.1) is 0 Å². The molecule has 0 aromatic heterocycles. The van der Waals surface area contributed by atoms with Crippen molar-refractivity contribution in [3.8, 4) is 0 Å². The van der Waals surface area contributed by atoms with Crippen molar-refractivity contribution >= 4 is 23.1 Å². The molecule has 1 amide bonds. The molecule has 0 atom stereocenters. The SMILES string of the molecule is CC(C)CN(C)C(=O)c1cccc(C(N)=S)c1. The van der Waals surface area contributed by atoms with E-state index in [1.54, 1.807) is 30.1 Å². The Bertz CT molecular complexity index is 429. The van der Waals surface area contributed by atoms with E-state index in [1.165, 1.54) is 0 Å². The molecule has 0 saturated carbocycles. The summed E-state index contributed by atoms with van der Waals surface area (Å²) in [6.45, 7) is 4.89. The number of nitrogens with two attached hydrogens (primary N) is 1. The molecule has 0 bridgehead atoms. The smallest absolute Gasteiger partial charge is 0.253 e. The van der Waals surface area contributed by atoms with E-state index in [-0.39, 0.29) is 5.91 Å². The summed E-state index contributed by atoms with van der Waals surface area (Å²) in [6.07, 6.45) is 0. The van der Waals surface area contributed by atoms with Gasteiger partial charge in [-0.1, -0.05) is 38.2 Å². The summed E-state index contributed by atoms with van der Waals surface area (Å²) in [7, 11) is 1.80. The second-order valence-electron chi connectivity index (χ2n) is 4.52. The molecule has 1 aromatic carbocycles. The van der Waals surface area contributed by atoms with Crippen LogP contribution in [0, 0.1) is 5.92 Å². The van der Waals surface area contributed by atoms with Crippen molar-refractivity contribution in [1.29, 1.82) is 0 Å². The molecule has 0 fully saturated rings. The van der Waals surface area contributed by atoms with E-state index in [4.69, 9.17) is 18.0 Å². The molecule has 17 heavy (non-hydrogen) atoms. The zero-order valence-electron chi connectivity index (χ0n) is 10.4. The number of hydrogen-bond acceptors (Lipinski definition) is 2. The van der Waals surface area contributed by atoms with Crippen molar-refractivity contribution < 1.29 is 4.79 Å². The quantitative estimate of drug-likeness (QED) is 0.832. The van der Waals surface area contributed by atoms with Gasteiger partial charge in [-0.25, -0.2) is 0 Å². The fourth-order valence-corrected chi connectivity index (χ4v) is 1.78. The average molecular weight is 250 g/mol. The molecule has 1 rings (SSSR count). The number of amides is 1. The van der Waals surface area contributed by atoms with Gasteiger partial charge in [0, 0.05) is 24.7 Å². The highest BCUT2D eigenvalue weighted by Crippen LogP contribution is 2.09. The summed E-state index contributed by atoms with van der Waals surface area (Å²) in [5, 5.41) is 0. The lowest BCUT2D eigenvalue weighted by molar-refractivity contribution is 0.0779. The summed E-state index contributed by atoms with van der Waals surface area (Å²) in [4.78, 5) is 14.1. The summed E-state index contributed by atoms with van der Waals surface area (Å²) in [5.74, 6) is 0.444. The van der Waals surface area contributed by atoms with Gasteiger partial charge >= 0.3 is 0 Å². The first-order valence-electron chi connectivity index (χ1n) is 5.57. The highest BCUT2D eigenvalue weighted by atomic mass is 32.1. The third-order valence-electron chi connectivity index (χ3n) is 2.38. The fourth-order valence-electron chi connectivity index (χ4n) is 1.66. The standard InChI is InChI=1S/C13H18N2OS/c1-9(2)8-15(3)13(16)11-6-4-5-10(7-11)12(14)17/h4-7,9H,8H2,1-3H3,(H2,14,17). The van der Waals surface area contributed by atoms with Crippen LogP contribution in [0.3, 0.4) is 0 Å². The van der Waals surface area contributed by atoms with Crippen LogP contribution < -0.4 is 5.73 Å². The summed E-state index contributed by atoms with van der Waals surface area (Å²) in [5.41, 5.74) is 6.90. The molecule has 0 heterocycles. The lowest BCUT2D eigenvalue weighted by Crippen LogP contribution is -2.30. The number of carbonyl (C=O) groups is 1. The minimum atomic E-state index is -0.00296. The fraction of sp³-hybridized carbons (Fsp3) is 0.385. The number of thiocarbonyl (C=S) groups is 1. The second-order valence-corrected chi connectivity index (χ2v) is 4.96. The molecular weight excluding hydrogens is 232 g/mol. The van der Waals surface area contributed by atoms with Gasteiger partial charge in [-0.2, -0.15) is 0 Å². The molecule has 0 saturated heterocycles. The van der Waals surface area contributed by atoms with E-state index < -0.39 is 0 Å². The normalized spacial score (nSPS) is 10.4. The van der Waals surface area contributed by atoms with Crippen LogP contribution in [0.2, 0.25) is 0 Å². The molecule has 3 nitrogen and oxygen atoms in total. The Hall–Kier alpha value is -1.42. The van der Waals surface area contributed by atoms with Crippen LogP contribution in [0.15, 0.2) is 24.3 Å². The van der Waals surface area contributed by atoms with E-state index in [0.29, 0.717) is 16.5 Å². The van der Waals surface area contributed by atoms with Gasteiger partial charge in [0.1, 0.15) is 4.99 Å². The Morgan fingerprint density at radius 2 is 2.00 bits per heavy atom. The molecule has 92 valence electrons. The van der Waals surface area contributed by atoms with Crippen molar-refractivity contribution in [3.05, 3.63) is 35.4 Å². The van der Waals surface area contributed by atoms with Gasteiger partial charge in [-0.15, -0.1) is 0 Å². The van der Waals surface area contributed by atoms with Crippen LogP contribution >= 0.6 is 12.2 Å². The maximum Gasteiger partial charge on any atom is 0.253 e. The number of hydrogen-bond donors (Lipinski definition) is 1. The van der Waals surface area contributed by atoms with E-state index in [0.717, 1.165) is 12.1 Å². The Morgan fingerprint density at radius 3 is 2.53 bits per heavy atom. The Kier molecular flexibility index (Phi) is 4.63. The summed E-state index contributed by atoms with van der Waals surface area (Å²) < 4.78 is 0. The number of nitrogens with zero attached hydrogens (tertiary/aromatic N) is 1. The molecule has 0 radical (unpaired) electrons. The van der Waals surface area contributed by atoms with Gasteiger partial charge in [0.15, 0.2) is 0 Å². The van der Waals surface area contributed by atoms with Gasteiger partial charge in [0.2, 0.25) is 0 Å². The highest BCUT2D eigenvalue weighted by Gasteiger charge is 2.13. The van der Waals surface area contributed by atoms with Crippen molar-refractivity contribution in [3.63, 3.8) is 0 Å². The lowest BCUT2D eigenvalue weighted by atomic mass is 10.1. The summed E-state index contributed by atoms with van der Waals surface area (Å²) in [6, 6.07) is 7.12. The van der Waals surface area contributed by atoms with E-state index >= 15 is 0 Å². The maximum absolute atomic E-state index is 12.1. The predicted octanol–water partition coefficient (Wildman–Crippen LogP) is 2.05. The zero-order chi connectivity index (χ0) is 13.0. The minimum absolute atomic E-state index is 0.00296. The first kappa shape index (κ1) is 13.6. The van der Waals surface area contributed by atoms with Crippen LogP contribution in [0.1, 0.15) is 29.8 Å². The van der Waals surface area contributed by atoms with Crippen molar-refractivity contribution in [2.24, 2.45) is 11.7 Å². The maximum atomic E-state index is 12.1. The van der Waals surface area contributed by atoms with Gasteiger partial charge in [0.25, 0.3) is 5.91 Å². The van der Waals surface area contributed by atoms with Gasteiger partial charge in [-0.3, -0.25) is 4.79 Å². The zero-order valence-corrected chi connectivity index (χ0v) is 11.3. The molecule has 0 aliphatic carbocycles. The molecule has 1 aromatic rings. The molecule has 0 aliphatic rings. The van der Waals surface area contributed by atoms with E-state index in [1.807, 2.05) is 6.07 Å². The summed E-state index contributed by atoms with van der Waals surface area (Å²) >= 11 is 4.90. The molecule has 4 heteroatoms. The minimum Gasteiger partial charge on any atom is -0.389 e.